The maximum absolute atomic E-state index is 13.5. The fourth-order valence-electron chi connectivity index (χ4n) is 2.08. The van der Waals surface area contributed by atoms with E-state index in [4.69, 9.17) is 0 Å². The van der Waals surface area contributed by atoms with Crippen LogP contribution in [-0.2, 0) is 0 Å². The molecular weight excluding hydrogens is 311 g/mol. The highest BCUT2D eigenvalue weighted by Crippen LogP contribution is 2.18. The topological polar surface area (TPSA) is 23.6 Å². The third-order valence-corrected chi connectivity index (χ3v) is 3.57. The quantitative estimate of drug-likeness (QED) is 0.828. The van der Waals surface area contributed by atoms with E-state index in [0.29, 0.717) is 16.6 Å². The van der Waals surface area contributed by atoms with Crippen molar-refractivity contribution < 1.29 is 9.18 Å². The summed E-state index contributed by atoms with van der Waals surface area (Å²) in [5, 5.41) is 0. The average Bonchev–Trinajstić information content (AvgIpc) is 2.32. The second kappa shape index (κ2) is 7.01. The Hall–Kier alpha value is -0.940. The second-order valence-corrected chi connectivity index (χ2v) is 5.69. The molecule has 0 N–H and O–H groups in total. The van der Waals surface area contributed by atoms with Crippen LogP contribution in [0.4, 0.5) is 4.39 Å². The molecular formula is C14H20BrFN2O. The van der Waals surface area contributed by atoms with Gasteiger partial charge in [-0.1, -0.05) is 0 Å². The van der Waals surface area contributed by atoms with Crippen molar-refractivity contribution in [3.8, 4) is 0 Å². The Morgan fingerprint density at radius 2 is 2.05 bits per heavy atom. The predicted molar refractivity (Wildman–Crippen MR) is 78.8 cm³/mol. The monoisotopic (exact) mass is 330 g/mol. The molecule has 0 spiro atoms. The molecule has 0 saturated carbocycles. The summed E-state index contributed by atoms with van der Waals surface area (Å²) in [4.78, 5) is 16.2. The first-order valence-corrected chi connectivity index (χ1v) is 7.06. The van der Waals surface area contributed by atoms with Gasteiger partial charge in [0, 0.05) is 24.7 Å². The van der Waals surface area contributed by atoms with Gasteiger partial charge in [-0.05, 0) is 62.1 Å². The van der Waals surface area contributed by atoms with E-state index in [1.165, 1.54) is 6.07 Å². The minimum absolute atomic E-state index is 0.0826. The summed E-state index contributed by atoms with van der Waals surface area (Å²) in [6.45, 7) is 5.31. The van der Waals surface area contributed by atoms with Gasteiger partial charge in [0.2, 0.25) is 0 Å². The lowest BCUT2D eigenvalue weighted by Crippen LogP contribution is -2.43. The first-order chi connectivity index (χ1) is 8.86. The van der Waals surface area contributed by atoms with Crippen LogP contribution in [0.15, 0.2) is 22.7 Å². The zero-order valence-electron chi connectivity index (χ0n) is 11.8. The Morgan fingerprint density at radius 1 is 1.42 bits per heavy atom. The van der Waals surface area contributed by atoms with Crippen molar-refractivity contribution in [2.45, 2.75) is 19.9 Å². The summed E-state index contributed by atoms with van der Waals surface area (Å²) in [6.07, 6.45) is 0. The number of halogens is 2. The molecule has 1 unspecified atom stereocenters. The Balaban J connectivity index is 2.91. The summed E-state index contributed by atoms with van der Waals surface area (Å²) in [6, 6.07) is 4.56. The minimum Gasteiger partial charge on any atom is -0.335 e. The number of rotatable bonds is 5. The minimum atomic E-state index is -0.415. The van der Waals surface area contributed by atoms with Gasteiger partial charge in [-0.15, -0.1) is 0 Å². The van der Waals surface area contributed by atoms with Gasteiger partial charge in [-0.25, -0.2) is 4.39 Å². The van der Waals surface area contributed by atoms with Crippen LogP contribution in [0.5, 0.6) is 0 Å². The van der Waals surface area contributed by atoms with Gasteiger partial charge in [0.25, 0.3) is 5.91 Å². The lowest BCUT2D eigenvalue weighted by atomic mass is 10.1. The number of carbonyl (C=O) groups is 1. The zero-order chi connectivity index (χ0) is 14.6. The SMILES string of the molecule is CCN(C(=O)c1ccc(Br)c(F)c1)C(C)CN(C)C. The molecule has 5 heteroatoms. The number of hydrogen-bond donors (Lipinski definition) is 0. The smallest absolute Gasteiger partial charge is 0.254 e. The highest BCUT2D eigenvalue weighted by Gasteiger charge is 2.21. The summed E-state index contributed by atoms with van der Waals surface area (Å²) < 4.78 is 13.9. The average molecular weight is 331 g/mol. The standard InChI is InChI=1S/C14H20BrFN2O/c1-5-18(10(2)9-17(3)4)14(19)11-6-7-12(15)13(16)8-11/h6-8,10H,5,9H2,1-4H3. The van der Waals surface area contributed by atoms with Gasteiger partial charge >= 0.3 is 0 Å². The molecule has 3 nitrogen and oxygen atoms in total. The third kappa shape index (κ3) is 4.28. The van der Waals surface area contributed by atoms with Crippen molar-refractivity contribution in [2.75, 3.05) is 27.2 Å². The van der Waals surface area contributed by atoms with E-state index in [1.54, 1.807) is 17.0 Å². The van der Waals surface area contributed by atoms with E-state index in [0.717, 1.165) is 6.54 Å². The number of benzene rings is 1. The van der Waals surface area contributed by atoms with Crippen LogP contribution in [0.1, 0.15) is 24.2 Å². The van der Waals surface area contributed by atoms with E-state index < -0.39 is 5.82 Å². The highest BCUT2D eigenvalue weighted by molar-refractivity contribution is 9.10. The molecule has 1 aromatic rings. The summed E-state index contributed by atoms with van der Waals surface area (Å²) in [5.41, 5.74) is 0.383. The molecule has 0 aliphatic carbocycles. The van der Waals surface area contributed by atoms with E-state index in [9.17, 15) is 9.18 Å². The van der Waals surface area contributed by atoms with E-state index in [-0.39, 0.29) is 11.9 Å². The van der Waals surface area contributed by atoms with E-state index in [1.807, 2.05) is 32.8 Å². The molecule has 0 aliphatic heterocycles. The fraction of sp³-hybridized carbons (Fsp3) is 0.500. The molecule has 1 amide bonds. The Labute approximate surface area is 122 Å². The zero-order valence-corrected chi connectivity index (χ0v) is 13.4. The molecule has 0 heterocycles. The van der Waals surface area contributed by atoms with Crippen LogP contribution in [0.3, 0.4) is 0 Å². The summed E-state index contributed by atoms with van der Waals surface area (Å²) >= 11 is 3.09. The van der Waals surface area contributed by atoms with Gasteiger partial charge < -0.3 is 9.80 Å². The first kappa shape index (κ1) is 16.1. The summed E-state index contributed by atoms with van der Waals surface area (Å²) in [7, 11) is 3.93. The van der Waals surface area contributed by atoms with Crippen LogP contribution >= 0.6 is 15.9 Å². The van der Waals surface area contributed by atoms with Crippen LogP contribution in [-0.4, -0.2) is 48.9 Å². The van der Waals surface area contributed by atoms with Crippen molar-refractivity contribution in [1.82, 2.24) is 9.80 Å². The Bertz CT molecular complexity index is 451. The van der Waals surface area contributed by atoms with Gasteiger partial charge in [0.05, 0.1) is 4.47 Å². The predicted octanol–water partition coefficient (Wildman–Crippen LogP) is 3.00. The number of hydrogen-bond acceptors (Lipinski definition) is 2. The molecule has 0 aromatic heterocycles. The molecule has 19 heavy (non-hydrogen) atoms. The molecule has 0 radical (unpaired) electrons. The lowest BCUT2D eigenvalue weighted by Gasteiger charge is -2.30. The molecule has 0 bridgehead atoms. The van der Waals surface area contributed by atoms with Gasteiger partial charge in [0.15, 0.2) is 0 Å². The Kier molecular flexibility index (Phi) is 5.94. The third-order valence-electron chi connectivity index (χ3n) is 2.93. The van der Waals surface area contributed by atoms with Gasteiger partial charge in [-0.2, -0.15) is 0 Å². The van der Waals surface area contributed by atoms with Crippen LogP contribution in [0.25, 0.3) is 0 Å². The molecule has 106 valence electrons. The maximum atomic E-state index is 13.5. The normalized spacial score (nSPS) is 12.6. The largest absolute Gasteiger partial charge is 0.335 e. The van der Waals surface area contributed by atoms with Crippen molar-refractivity contribution >= 4 is 21.8 Å². The lowest BCUT2D eigenvalue weighted by molar-refractivity contribution is 0.0678. The van der Waals surface area contributed by atoms with Crippen molar-refractivity contribution in [1.29, 1.82) is 0 Å². The van der Waals surface area contributed by atoms with Crippen LogP contribution < -0.4 is 0 Å². The highest BCUT2D eigenvalue weighted by atomic mass is 79.9. The number of likely N-dealkylation sites (N-methyl/N-ethyl adjacent to an activating group) is 2. The van der Waals surface area contributed by atoms with E-state index >= 15 is 0 Å². The first-order valence-electron chi connectivity index (χ1n) is 6.27. The number of amides is 1. The maximum Gasteiger partial charge on any atom is 0.254 e. The summed E-state index contributed by atoms with van der Waals surface area (Å²) in [5.74, 6) is -0.551. The van der Waals surface area contributed by atoms with Crippen LogP contribution in [0, 0.1) is 5.82 Å². The molecule has 1 atom stereocenters. The molecule has 1 rings (SSSR count). The van der Waals surface area contributed by atoms with E-state index in [2.05, 4.69) is 15.9 Å². The van der Waals surface area contributed by atoms with Gasteiger partial charge in [0.1, 0.15) is 5.82 Å². The molecule has 1 aromatic carbocycles. The fourth-order valence-corrected chi connectivity index (χ4v) is 2.32. The van der Waals surface area contributed by atoms with Crippen LogP contribution in [0.2, 0.25) is 0 Å². The van der Waals surface area contributed by atoms with Crippen molar-refractivity contribution in [3.63, 3.8) is 0 Å². The number of carbonyl (C=O) groups excluding carboxylic acids is 1. The van der Waals surface area contributed by atoms with Gasteiger partial charge in [-0.3, -0.25) is 4.79 Å². The second-order valence-electron chi connectivity index (χ2n) is 4.83. The van der Waals surface area contributed by atoms with Crippen molar-refractivity contribution in [3.05, 3.63) is 34.1 Å². The molecule has 0 saturated heterocycles. The Morgan fingerprint density at radius 3 is 2.53 bits per heavy atom. The number of nitrogens with zero attached hydrogens (tertiary/aromatic N) is 2. The van der Waals surface area contributed by atoms with Crippen molar-refractivity contribution in [2.24, 2.45) is 0 Å². The molecule has 0 aliphatic rings. The molecule has 0 fully saturated rings.